The average molecular weight is 466 g/mol. The maximum atomic E-state index is 12.6. The number of rotatable bonds is 7. The minimum absolute atomic E-state index is 0.0998. The summed E-state index contributed by atoms with van der Waals surface area (Å²) in [6, 6.07) is 11.9. The predicted octanol–water partition coefficient (Wildman–Crippen LogP) is 2.36. The van der Waals surface area contributed by atoms with Gasteiger partial charge in [-0.05, 0) is 48.0 Å². The molecule has 0 bridgehead atoms. The van der Waals surface area contributed by atoms with Crippen molar-refractivity contribution in [3.63, 3.8) is 0 Å². The Balaban J connectivity index is 1.20. The number of aryl methyl sites for hydroxylation is 1. The highest BCUT2D eigenvalue weighted by molar-refractivity contribution is 8.18. The molecule has 0 aliphatic carbocycles. The number of nitrogens with zero attached hydrogens (tertiary/aromatic N) is 4. The van der Waals surface area contributed by atoms with Gasteiger partial charge in [-0.3, -0.25) is 29.2 Å². The monoisotopic (exact) mass is 465 g/mol. The van der Waals surface area contributed by atoms with E-state index in [-0.39, 0.29) is 30.1 Å². The summed E-state index contributed by atoms with van der Waals surface area (Å²) in [6.07, 6.45) is 4.94. The third kappa shape index (κ3) is 5.80. The molecule has 3 amide bonds. The summed E-state index contributed by atoms with van der Waals surface area (Å²) < 4.78 is 0. The van der Waals surface area contributed by atoms with Gasteiger partial charge in [-0.25, -0.2) is 0 Å². The van der Waals surface area contributed by atoms with Gasteiger partial charge in [0.1, 0.15) is 0 Å². The number of carbonyl (C=O) groups is 3. The second kappa shape index (κ2) is 10.6. The SMILES string of the molecule is Cc1ccccc1N1CCN(CC(=O)NCCN2C(=O)S/C(=C\c3cccnc3)C2=O)CC1. The van der Waals surface area contributed by atoms with Gasteiger partial charge in [0, 0.05) is 57.3 Å². The molecule has 172 valence electrons. The van der Waals surface area contributed by atoms with Crippen molar-refractivity contribution in [2.75, 3.05) is 50.7 Å². The number of hydrogen-bond donors (Lipinski definition) is 1. The summed E-state index contributed by atoms with van der Waals surface area (Å²) in [5.74, 6) is -0.437. The van der Waals surface area contributed by atoms with Gasteiger partial charge < -0.3 is 10.2 Å². The second-order valence-electron chi connectivity index (χ2n) is 8.02. The summed E-state index contributed by atoms with van der Waals surface area (Å²) in [6.45, 7) is 6.18. The van der Waals surface area contributed by atoms with Crippen molar-refractivity contribution in [3.05, 3.63) is 64.8 Å². The number of para-hydroxylation sites is 1. The topological polar surface area (TPSA) is 85.8 Å². The van der Waals surface area contributed by atoms with Gasteiger partial charge in [-0.15, -0.1) is 0 Å². The summed E-state index contributed by atoms with van der Waals surface area (Å²) in [4.78, 5) is 47.2. The molecule has 0 radical (unpaired) electrons. The molecule has 1 aromatic carbocycles. The molecule has 8 nitrogen and oxygen atoms in total. The number of nitrogens with one attached hydrogen (secondary N) is 1. The Morgan fingerprint density at radius 3 is 2.64 bits per heavy atom. The molecule has 2 aliphatic rings. The van der Waals surface area contributed by atoms with Crippen molar-refractivity contribution in [3.8, 4) is 0 Å². The minimum Gasteiger partial charge on any atom is -0.369 e. The van der Waals surface area contributed by atoms with E-state index in [1.165, 1.54) is 16.2 Å². The fraction of sp³-hybridized carbons (Fsp3) is 0.333. The molecule has 2 aromatic rings. The lowest BCUT2D eigenvalue weighted by Crippen LogP contribution is -2.50. The number of anilines is 1. The van der Waals surface area contributed by atoms with E-state index in [4.69, 9.17) is 0 Å². The van der Waals surface area contributed by atoms with Crippen LogP contribution in [0.1, 0.15) is 11.1 Å². The van der Waals surface area contributed by atoms with Crippen LogP contribution < -0.4 is 10.2 Å². The number of benzene rings is 1. The van der Waals surface area contributed by atoms with Crippen molar-refractivity contribution in [2.45, 2.75) is 6.92 Å². The molecule has 33 heavy (non-hydrogen) atoms. The lowest BCUT2D eigenvalue weighted by atomic mass is 10.1. The average Bonchev–Trinajstić information content (AvgIpc) is 3.08. The highest BCUT2D eigenvalue weighted by Crippen LogP contribution is 2.31. The maximum absolute atomic E-state index is 12.6. The number of pyridine rings is 1. The van der Waals surface area contributed by atoms with Crippen LogP contribution in [0.2, 0.25) is 0 Å². The van der Waals surface area contributed by atoms with Crippen molar-refractivity contribution >= 4 is 40.6 Å². The Morgan fingerprint density at radius 1 is 1.12 bits per heavy atom. The summed E-state index contributed by atoms with van der Waals surface area (Å²) in [5.41, 5.74) is 3.27. The zero-order valence-corrected chi connectivity index (χ0v) is 19.4. The number of aromatic nitrogens is 1. The summed E-state index contributed by atoms with van der Waals surface area (Å²) in [7, 11) is 0. The van der Waals surface area contributed by atoms with Gasteiger partial charge in [0.05, 0.1) is 11.4 Å². The Hall–Kier alpha value is -3.17. The van der Waals surface area contributed by atoms with Crippen molar-refractivity contribution in [2.24, 2.45) is 0 Å². The Morgan fingerprint density at radius 2 is 1.91 bits per heavy atom. The van der Waals surface area contributed by atoms with Gasteiger partial charge in [0.25, 0.3) is 11.1 Å². The van der Waals surface area contributed by atoms with Gasteiger partial charge in [-0.1, -0.05) is 24.3 Å². The first kappa shape index (κ1) is 23.0. The number of hydrogen-bond acceptors (Lipinski definition) is 7. The van der Waals surface area contributed by atoms with Crippen LogP contribution in [0.5, 0.6) is 0 Å². The largest absolute Gasteiger partial charge is 0.369 e. The molecular formula is C24H27N5O3S. The van der Waals surface area contributed by atoms with Crippen LogP contribution in [0.4, 0.5) is 10.5 Å². The van der Waals surface area contributed by atoms with E-state index >= 15 is 0 Å². The van der Waals surface area contributed by atoms with E-state index in [1.54, 1.807) is 24.5 Å². The molecule has 0 unspecified atom stereocenters. The molecule has 0 atom stereocenters. The highest BCUT2D eigenvalue weighted by atomic mass is 32.2. The first-order valence-electron chi connectivity index (χ1n) is 11.0. The molecule has 0 saturated carbocycles. The van der Waals surface area contributed by atoms with Crippen LogP contribution in [-0.2, 0) is 9.59 Å². The Labute approximate surface area is 197 Å². The number of piperazine rings is 1. The lowest BCUT2D eigenvalue weighted by Gasteiger charge is -2.36. The van der Waals surface area contributed by atoms with Crippen LogP contribution in [-0.4, -0.2) is 77.7 Å². The van der Waals surface area contributed by atoms with E-state index in [0.717, 1.165) is 43.5 Å². The van der Waals surface area contributed by atoms with E-state index in [0.29, 0.717) is 11.4 Å². The van der Waals surface area contributed by atoms with E-state index in [1.807, 2.05) is 18.2 Å². The first-order chi connectivity index (χ1) is 16.0. The standard InChI is InChI=1S/C24H27N5O3S/c1-18-5-2-3-7-20(18)28-13-11-27(12-14-28)17-22(30)26-9-10-29-23(31)21(33-24(29)32)15-19-6-4-8-25-16-19/h2-8,15-16H,9-14,17H2,1H3,(H,26,30)/b21-15-. The molecule has 4 rings (SSSR count). The van der Waals surface area contributed by atoms with Crippen molar-refractivity contribution in [1.29, 1.82) is 0 Å². The molecule has 2 aliphatic heterocycles. The molecular weight excluding hydrogens is 438 g/mol. The molecule has 2 fully saturated rings. The molecule has 0 spiro atoms. The fourth-order valence-corrected chi connectivity index (χ4v) is 4.80. The predicted molar refractivity (Wildman–Crippen MR) is 130 cm³/mol. The van der Waals surface area contributed by atoms with Crippen molar-refractivity contribution < 1.29 is 14.4 Å². The first-order valence-corrected chi connectivity index (χ1v) is 11.8. The number of amides is 3. The maximum Gasteiger partial charge on any atom is 0.293 e. The molecule has 1 aromatic heterocycles. The Kier molecular flexibility index (Phi) is 7.41. The van der Waals surface area contributed by atoms with Crippen LogP contribution in [0.3, 0.4) is 0 Å². The normalized spacial score (nSPS) is 18.3. The third-order valence-corrected chi connectivity index (χ3v) is 6.62. The zero-order valence-electron chi connectivity index (χ0n) is 18.6. The van der Waals surface area contributed by atoms with E-state index in [2.05, 4.69) is 39.2 Å². The van der Waals surface area contributed by atoms with E-state index < -0.39 is 0 Å². The summed E-state index contributed by atoms with van der Waals surface area (Å²) >= 11 is 0.908. The van der Waals surface area contributed by atoms with Gasteiger partial charge in [0.2, 0.25) is 5.91 Å². The highest BCUT2D eigenvalue weighted by Gasteiger charge is 2.34. The quantitative estimate of drug-likeness (QED) is 0.629. The second-order valence-corrected chi connectivity index (χ2v) is 9.01. The van der Waals surface area contributed by atoms with Crippen LogP contribution in [0.15, 0.2) is 53.7 Å². The van der Waals surface area contributed by atoms with E-state index in [9.17, 15) is 14.4 Å². The molecule has 2 saturated heterocycles. The van der Waals surface area contributed by atoms with Crippen LogP contribution in [0, 0.1) is 6.92 Å². The van der Waals surface area contributed by atoms with Gasteiger partial charge in [0.15, 0.2) is 0 Å². The van der Waals surface area contributed by atoms with Crippen LogP contribution in [0.25, 0.3) is 6.08 Å². The number of imide groups is 1. The smallest absolute Gasteiger partial charge is 0.293 e. The zero-order chi connectivity index (χ0) is 23.2. The minimum atomic E-state index is -0.338. The Bertz CT molecular complexity index is 1050. The molecule has 9 heteroatoms. The van der Waals surface area contributed by atoms with Crippen LogP contribution >= 0.6 is 11.8 Å². The lowest BCUT2D eigenvalue weighted by molar-refractivity contribution is -0.124. The van der Waals surface area contributed by atoms with Gasteiger partial charge >= 0.3 is 0 Å². The summed E-state index contributed by atoms with van der Waals surface area (Å²) in [5, 5.41) is 2.51. The van der Waals surface area contributed by atoms with Gasteiger partial charge in [-0.2, -0.15) is 0 Å². The molecule has 3 heterocycles. The fourth-order valence-electron chi connectivity index (χ4n) is 3.94. The molecule has 1 N–H and O–H groups in total. The third-order valence-electron chi connectivity index (χ3n) is 5.71. The number of carbonyl (C=O) groups excluding carboxylic acids is 3. The van der Waals surface area contributed by atoms with Crippen molar-refractivity contribution in [1.82, 2.24) is 20.1 Å². The number of thioether (sulfide) groups is 1.